The van der Waals surface area contributed by atoms with Gasteiger partial charge < -0.3 is 0 Å². The monoisotopic (exact) mass is 198 g/mol. The van der Waals surface area contributed by atoms with Gasteiger partial charge in [-0.2, -0.15) is 0 Å². The Hall–Kier alpha value is -1.96. The van der Waals surface area contributed by atoms with E-state index in [1.54, 1.807) is 24.3 Å². The van der Waals surface area contributed by atoms with Gasteiger partial charge in [-0.25, -0.2) is 4.39 Å². The molecule has 0 spiro atoms. The molecule has 0 amide bonds. The summed E-state index contributed by atoms with van der Waals surface area (Å²) in [6.45, 7) is 0. The van der Waals surface area contributed by atoms with Crippen molar-refractivity contribution in [2.24, 2.45) is 0 Å². The number of hydrogen-bond donors (Lipinski definition) is 0. The van der Waals surface area contributed by atoms with Crippen LogP contribution in [0.1, 0.15) is 11.1 Å². The fourth-order valence-corrected chi connectivity index (χ4v) is 2.01. The predicted molar refractivity (Wildman–Crippen MR) is 56.5 cm³/mol. The van der Waals surface area contributed by atoms with E-state index in [0.717, 1.165) is 5.56 Å². The summed E-state index contributed by atoms with van der Waals surface area (Å²) in [5.41, 5.74) is 2.63. The summed E-state index contributed by atoms with van der Waals surface area (Å²) < 4.78 is 13.6. The van der Waals surface area contributed by atoms with Crippen molar-refractivity contribution in [3.8, 4) is 0 Å². The first-order chi connectivity index (χ1) is 7.27. The summed E-state index contributed by atoms with van der Waals surface area (Å²) in [5, 5.41) is 0. The Kier molecular flexibility index (Phi) is 1.54. The van der Waals surface area contributed by atoms with Gasteiger partial charge in [-0.15, -0.1) is 0 Å². The molecule has 2 heteroatoms. The molecular formula is C13H7FO. The lowest BCUT2D eigenvalue weighted by molar-refractivity contribution is -0.110. The minimum absolute atomic E-state index is 0.0527. The SMILES string of the molecule is O=C1C=CC=C2C1=Cc1cccc(F)c12. The normalized spacial score (nSPS) is 17.0. The van der Waals surface area contributed by atoms with Crippen LogP contribution >= 0.6 is 0 Å². The van der Waals surface area contributed by atoms with Gasteiger partial charge in [0.1, 0.15) is 5.82 Å². The highest BCUT2D eigenvalue weighted by atomic mass is 19.1. The molecule has 0 radical (unpaired) electrons. The van der Waals surface area contributed by atoms with Crippen molar-refractivity contribution in [3.05, 3.63) is 58.9 Å². The lowest BCUT2D eigenvalue weighted by atomic mass is 9.96. The third kappa shape index (κ3) is 1.05. The molecule has 0 atom stereocenters. The van der Waals surface area contributed by atoms with Crippen LogP contribution in [-0.4, -0.2) is 5.78 Å². The fourth-order valence-electron chi connectivity index (χ4n) is 2.01. The number of halogens is 1. The molecule has 0 bridgehead atoms. The molecule has 2 aliphatic carbocycles. The number of carbonyl (C=O) groups excluding carboxylic acids is 1. The summed E-state index contributed by atoms with van der Waals surface area (Å²) in [4.78, 5) is 11.5. The fraction of sp³-hybridized carbons (Fsp3) is 0. The summed E-state index contributed by atoms with van der Waals surface area (Å²) in [6, 6.07) is 4.89. The molecule has 0 unspecified atom stereocenters. The van der Waals surface area contributed by atoms with Crippen LogP contribution in [0.2, 0.25) is 0 Å². The summed E-state index contributed by atoms with van der Waals surface area (Å²) in [6.07, 6.45) is 6.69. The maximum Gasteiger partial charge on any atom is 0.186 e. The first kappa shape index (κ1) is 8.36. The van der Waals surface area contributed by atoms with Crippen LogP contribution in [-0.2, 0) is 4.79 Å². The largest absolute Gasteiger partial charge is 0.289 e. The van der Waals surface area contributed by atoms with E-state index < -0.39 is 0 Å². The van der Waals surface area contributed by atoms with Crippen molar-refractivity contribution in [3.63, 3.8) is 0 Å². The lowest BCUT2D eigenvalue weighted by Gasteiger charge is -2.07. The molecule has 0 fully saturated rings. The number of rotatable bonds is 0. The molecule has 0 aromatic heterocycles. The van der Waals surface area contributed by atoms with Crippen molar-refractivity contribution in [2.75, 3.05) is 0 Å². The van der Waals surface area contributed by atoms with Crippen molar-refractivity contribution < 1.29 is 9.18 Å². The highest BCUT2D eigenvalue weighted by Crippen LogP contribution is 2.38. The van der Waals surface area contributed by atoms with Crippen LogP contribution in [0, 0.1) is 5.82 Å². The second-order valence-electron chi connectivity index (χ2n) is 3.57. The van der Waals surface area contributed by atoms with Gasteiger partial charge in [0.05, 0.1) is 0 Å². The highest BCUT2D eigenvalue weighted by molar-refractivity contribution is 6.23. The van der Waals surface area contributed by atoms with Gasteiger partial charge in [0.25, 0.3) is 0 Å². The van der Waals surface area contributed by atoms with Gasteiger partial charge in [-0.1, -0.05) is 24.3 Å². The Balaban J connectivity index is 2.32. The lowest BCUT2D eigenvalue weighted by Crippen LogP contribution is -2.01. The van der Waals surface area contributed by atoms with Gasteiger partial charge in [0.15, 0.2) is 5.78 Å². The molecule has 72 valence electrons. The van der Waals surface area contributed by atoms with E-state index in [2.05, 4.69) is 0 Å². The molecule has 0 heterocycles. The maximum atomic E-state index is 13.6. The molecule has 1 nitrogen and oxygen atoms in total. The summed E-state index contributed by atoms with van der Waals surface area (Å²) in [7, 11) is 0. The van der Waals surface area contributed by atoms with E-state index in [-0.39, 0.29) is 11.6 Å². The number of benzene rings is 1. The molecular weight excluding hydrogens is 191 g/mol. The zero-order chi connectivity index (χ0) is 10.4. The minimum atomic E-state index is -0.270. The molecule has 0 N–H and O–H groups in total. The number of allylic oxidation sites excluding steroid dienone is 5. The van der Waals surface area contributed by atoms with E-state index in [0.29, 0.717) is 16.7 Å². The van der Waals surface area contributed by atoms with E-state index in [1.807, 2.05) is 6.07 Å². The summed E-state index contributed by atoms with van der Waals surface area (Å²) in [5.74, 6) is -0.323. The van der Waals surface area contributed by atoms with Crippen LogP contribution in [0.15, 0.2) is 42.0 Å². The number of ketones is 1. The first-order valence-corrected chi connectivity index (χ1v) is 4.71. The number of hydrogen-bond acceptors (Lipinski definition) is 1. The topological polar surface area (TPSA) is 17.1 Å². The van der Waals surface area contributed by atoms with Gasteiger partial charge in [-0.3, -0.25) is 4.79 Å². The number of carbonyl (C=O) groups is 1. The molecule has 1 aromatic carbocycles. The smallest absolute Gasteiger partial charge is 0.186 e. The standard InChI is InChI=1S/C13H7FO/c14-11-5-1-3-8-7-10-9(13(8)11)4-2-6-12(10)15/h1-7H. The van der Waals surface area contributed by atoms with Crippen LogP contribution in [0.4, 0.5) is 4.39 Å². The first-order valence-electron chi connectivity index (χ1n) is 4.71. The van der Waals surface area contributed by atoms with Crippen molar-refractivity contribution in [1.29, 1.82) is 0 Å². The van der Waals surface area contributed by atoms with Gasteiger partial charge >= 0.3 is 0 Å². The second kappa shape index (κ2) is 2.76. The summed E-state index contributed by atoms with van der Waals surface area (Å²) >= 11 is 0. The molecule has 2 aliphatic rings. The van der Waals surface area contributed by atoms with Crippen LogP contribution in [0.3, 0.4) is 0 Å². The Morgan fingerprint density at radius 2 is 2.00 bits per heavy atom. The van der Waals surface area contributed by atoms with E-state index in [9.17, 15) is 9.18 Å². The van der Waals surface area contributed by atoms with Gasteiger partial charge in [0, 0.05) is 11.1 Å². The van der Waals surface area contributed by atoms with Crippen molar-refractivity contribution in [1.82, 2.24) is 0 Å². The zero-order valence-electron chi connectivity index (χ0n) is 7.83. The van der Waals surface area contributed by atoms with Crippen LogP contribution < -0.4 is 0 Å². The van der Waals surface area contributed by atoms with E-state index in [4.69, 9.17) is 0 Å². The Morgan fingerprint density at radius 1 is 1.13 bits per heavy atom. The molecule has 0 aliphatic heterocycles. The molecule has 1 aromatic rings. The molecule has 0 saturated carbocycles. The third-order valence-electron chi connectivity index (χ3n) is 2.68. The molecule has 3 rings (SSSR count). The molecule has 15 heavy (non-hydrogen) atoms. The Labute approximate surface area is 86.2 Å². The van der Waals surface area contributed by atoms with Gasteiger partial charge in [0.2, 0.25) is 0 Å². The predicted octanol–water partition coefficient (Wildman–Crippen LogP) is 2.75. The second-order valence-corrected chi connectivity index (χ2v) is 3.57. The van der Waals surface area contributed by atoms with Crippen molar-refractivity contribution >= 4 is 17.4 Å². The molecule has 0 saturated heterocycles. The van der Waals surface area contributed by atoms with Crippen LogP contribution in [0.5, 0.6) is 0 Å². The van der Waals surface area contributed by atoms with E-state index in [1.165, 1.54) is 12.1 Å². The minimum Gasteiger partial charge on any atom is -0.289 e. The average molecular weight is 198 g/mol. The van der Waals surface area contributed by atoms with E-state index >= 15 is 0 Å². The maximum absolute atomic E-state index is 13.6. The Bertz CT molecular complexity index is 562. The van der Waals surface area contributed by atoms with Gasteiger partial charge in [-0.05, 0) is 29.4 Å². The van der Waals surface area contributed by atoms with Crippen molar-refractivity contribution in [2.45, 2.75) is 0 Å². The van der Waals surface area contributed by atoms with Crippen LogP contribution in [0.25, 0.3) is 11.6 Å². The third-order valence-corrected chi connectivity index (χ3v) is 2.68. The average Bonchev–Trinajstić information content (AvgIpc) is 2.59. The Morgan fingerprint density at radius 3 is 2.87 bits per heavy atom. The zero-order valence-corrected chi connectivity index (χ0v) is 7.83. The highest BCUT2D eigenvalue weighted by Gasteiger charge is 2.26. The number of fused-ring (bicyclic) bond motifs is 3. The quantitative estimate of drug-likeness (QED) is 0.626.